The van der Waals surface area contributed by atoms with Gasteiger partial charge in [0.25, 0.3) is 0 Å². The molecule has 22 N–H and O–H groups in total. The number of nitrogens with one attached hydrogen (secondary N) is 8. The molecule has 13 amide bonds. The molecule has 10 atom stereocenters. The number of amides is 13. The number of hydrogen-bond donors (Lipinski definition) is 15. The Morgan fingerprint density at radius 2 is 1.01 bits per heavy atom. The van der Waals surface area contributed by atoms with Gasteiger partial charge >= 0.3 is 0 Å². The van der Waals surface area contributed by atoms with Gasteiger partial charge in [-0.1, -0.05) is 74.5 Å². The molecule has 0 bridgehead atoms. The minimum absolute atomic E-state index is 0.0736. The van der Waals surface area contributed by atoms with Crippen molar-refractivity contribution >= 4 is 94.5 Å². The van der Waals surface area contributed by atoms with Crippen molar-refractivity contribution in [1.29, 1.82) is 0 Å². The highest BCUT2D eigenvalue weighted by molar-refractivity contribution is 7.98. The van der Waals surface area contributed by atoms with Gasteiger partial charge < -0.3 is 92.5 Å². The first-order valence-corrected chi connectivity index (χ1v) is 33.6. The average Bonchev–Trinajstić information content (AvgIpc) is 1.74. The van der Waals surface area contributed by atoms with Gasteiger partial charge in [0.15, 0.2) is 5.96 Å². The maximum atomic E-state index is 14.7. The average molecular weight is 1350 g/mol. The Kier molecular flexibility index (Phi) is 33.9. The molecule has 0 radical (unpaired) electrons. The van der Waals surface area contributed by atoms with Gasteiger partial charge in [-0.25, -0.2) is 0 Å². The number of guanidine groups is 1. The first-order valence-electron chi connectivity index (χ1n) is 32.2. The first kappa shape index (κ1) is 78.5. The third kappa shape index (κ3) is 27.5. The zero-order valence-electron chi connectivity index (χ0n) is 54.5. The molecule has 524 valence electrons. The summed E-state index contributed by atoms with van der Waals surface area (Å²) >= 11 is 1.45. The number of rotatable bonds is 42. The predicted molar refractivity (Wildman–Crippen MR) is 356 cm³/mol. The van der Waals surface area contributed by atoms with Crippen LogP contribution in [0.4, 0.5) is 0 Å². The molecule has 2 aliphatic rings. The molecule has 2 saturated heterocycles. The molecule has 2 fully saturated rings. The summed E-state index contributed by atoms with van der Waals surface area (Å²) in [5.74, 6) is -9.80. The second-order valence-corrected chi connectivity index (χ2v) is 25.1. The Morgan fingerprint density at radius 1 is 0.537 bits per heavy atom. The van der Waals surface area contributed by atoms with Crippen molar-refractivity contribution < 1.29 is 62.3 Å². The van der Waals surface area contributed by atoms with Crippen molar-refractivity contribution in [3.8, 4) is 0 Å². The molecule has 2 aliphatic heterocycles. The Morgan fingerprint density at radius 3 is 1.51 bits per heavy atom. The number of nitrogens with two attached hydrogens (primary N) is 7. The van der Waals surface area contributed by atoms with Gasteiger partial charge in [-0.15, -0.1) is 0 Å². The lowest BCUT2D eigenvalue weighted by atomic mass is 10.0. The second kappa shape index (κ2) is 41.0. The van der Waals surface area contributed by atoms with E-state index >= 15 is 0 Å². The summed E-state index contributed by atoms with van der Waals surface area (Å²) in [6.45, 7) is 3.86. The van der Waals surface area contributed by atoms with E-state index in [4.69, 9.17) is 40.1 Å². The summed E-state index contributed by atoms with van der Waals surface area (Å²) in [4.78, 5) is 185. The number of nitrogens with zero attached hydrogens (tertiary/aromatic N) is 3. The van der Waals surface area contributed by atoms with Crippen LogP contribution in [-0.4, -0.2) is 198 Å². The van der Waals surface area contributed by atoms with Crippen molar-refractivity contribution in [2.75, 3.05) is 44.7 Å². The highest BCUT2D eigenvalue weighted by Gasteiger charge is 2.42. The normalized spacial score (nSPS) is 16.8. The third-order valence-electron chi connectivity index (χ3n) is 16.0. The number of unbranched alkanes of at least 4 members (excludes halogenated alkanes) is 1. The molecular weight excluding hydrogens is 1250 g/mol. The van der Waals surface area contributed by atoms with Crippen LogP contribution in [0, 0.1) is 5.92 Å². The number of carbonyl (C=O) groups is 13. The SMILES string of the molecule is CSCC[C@H](NC(=O)[C@@H](CC(C)C)NC(=O)CNC(=O)[C@@H](Cc1ccccc1)NC(=O)[C@@H](Cc1ccccc1)NC(=O)[C@H](CCC(N)=O)NC(=O)[C@@H](CCC(N)=O)NC(=O)[C@@H]1CCCN1C(=O)[C@@H](CCCCN)NC(=O)[C@@H]1CCCN1C(=O)[C@@H](N)CCCN=C(N)N)C(N)=O. The highest BCUT2D eigenvalue weighted by atomic mass is 32.2. The van der Waals surface area contributed by atoms with Crippen molar-refractivity contribution in [2.24, 2.45) is 51.0 Å². The lowest BCUT2D eigenvalue weighted by molar-refractivity contribution is -0.144. The Hall–Kier alpha value is -8.91. The predicted octanol–water partition coefficient (Wildman–Crippen LogP) is -3.71. The number of carbonyl (C=O) groups excluding carboxylic acids is 13. The van der Waals surface area contributed by atoms with Crippen LogP contribution in [0.3, 0.4) is 0 Å². The van der Waals surface area contributed by atoms with E-state index in [1.165, 1.54) is 21.6 Å². The molecule has 0 unspecified atom stereocenters. The zero-order valence-corrected chi connectivity index (χ0v) is 55.3. The summed E-state index contributed by atoms with van der Waals surface area (Å²) in [5, 5.41) is 21.1. The molecule has 32 heteroatoms. The van der Waals surface area contributed by atoms with Crippen molar-refractivity contribution in [1.82, 2.24) is 52.3 Å². The van der Waals surface area contributed by atoms with Crippen LogP contribution in [0.2, 0.25) is 0 Å². The van der Waals surface area contributed by atoms with E-state index < -0.39 is 169 Å². The van der Waals surface area contributed by atoms with E-state index in [-0.39, 0.29) is 83.0 Å². The molecule has 95 heavy (non-hydrogen) atoms. The van der Waals surface area contributed by atoms with Gasteiger partial charge in [-0.3, -0.25) is 67.3 Å². The molecule has 4 rings (SSSR count). The lowest BCUT2D eigenvalue weighted by Gasteiger charge is -2.32. The van der Waals surface area contributed by atoms with Crippen molar-refractivity contribution in [2.45, 2.75) is 183 Å². The van der Waals surface area contributed by atoms with E-state index in [9.17, 15) is 62.3 Å². The maximum absolute atomic E-state index is 14.7. The quantitative estimate of drug-likeness (QED) is 0.0173. The number of hydrogen-bond acceptors (Lipinski definition) is 17. The zero-order chi connectivity index (χ0) is 70.1. The summed E-state index contributed by atoms with van der Waals surface area (Å²) in [5.41, 5.74) is 40.6. The molecule has 31 nitrogen and oxygen atoms in total. The number of aliphatic imine (C=N–C) groups is 1. The maximum Gasteiger partial charge on any atom is 0.245 e. The van der Waals surface area contributed by atoms with Gasteiger partial charge in [0.1, 0.15) is 54.4 Å². The van der Waals surface area contributed by atoms with Crippen LogP contribution >= 0.6 is 11.8 Å². The Bertz CT molecular complexity index is 2960. The molecule has 0 saturated carbocycles. The van der Waals surface area contributed by atoms with Gasteiger partial charge in [-0.2, -0.15) is 11.8 Å². The van der Waals surface area contributed by atoms with E-state index in [1.807, 2.05) is 20.1 Å². The number of likely N-dealkylation sites (tertiary alicyclic amines) is 2. The van der Waals surface area contributed by atoms with Gasteiger partial charge in [0.05, 0.1) is 12.6 Å². The summed E-state index contributed by atoms with van der Waals surface area (Å²) < 4.78 is 0. The molecule has 2 aromatic carbocycles. The third-order valence-corrected chi connectivity index (χ3v) is 16.7. The standard InChI is InChI=1S/C63H98N18O13S/c1-37(2)33-45(57(89)74-41(53(68)85)27-32-95-3)73-52(84)36-72-54(86)46(34-38-15-6-4-7-16-38)78-58(90)47(35-39-17-8-5-9-18-39)79-56(88)42(23-25-50(66)82)75-55(87)43(24-26-51(67)83)76-59(91)49-22-14-31-81(49)62(94)44(20-10-11-28-64)77-60(92)48-21-13-30-80(48)61(93)40(65)19-12-29-71-63(69)70/h4-9,15-18,37,40-49H,10-14,19-36,64-65H2,1-3H3,(H2,66,82)(H2,67,83)(H2,68,85)(H,72,86)(H,73,84)(H,74,89)(H,75,87)(H,76,91)(H,77,92)(H,78,90)(H,79,88)(H4,69,70,71)/t40-,41-,42-,43+,44+,45+,46+,47+,48-,49-/m0/s1. The summed E-state index contributed by atoms with van der Waals surface area (Å²) in [7, 11) is 0. The Labute approximate surface area is 558 Å². The number of benzene rings is 2. The van der Waals surface area contributed by atoms with Crippen LogP contribution < -0.4 is 82.7 Å². The fraction of sp³-hybridized carbons (Fsp3) is 0.587. The summed E-state index contributed by atoms with van der Waals surface area (Å²) in [6.07, 6.45) is 3.12. The molecular formula is C63H98N18O13S. The van der Waals surface area contributed by atoms with Crippen molar-refractivity contribution in [3.05, 3.63) is 71.8 Å². The number of thioether (sulfide) groups is 1. The van der Waals surface area contributed by atoms with Crippen LogP contribution in [0.15, 0.2) is 65.7 Å². The highest BCUT2D eigenvalue weighted by Crippen LogP contribution is 2.24. The fourth-order valence-corrected chi connectivity index (χ4v) is 11.5. The molecule has 0 aliphatic carbocycles. The first-order chi connectivity index (χ1) is 45.2. The second-order valence-electron chi connectivity index (χ2n) is 24.1. The smallest absolute Gasteiger partial charge is 0.245 e. The topological polar surface area (TPSA) is 519 Å². The Balaban J connectivity index is 1.56. The lowest BCUT2D eigenvalue weighted by Crippen LogP contribution is -2.60. The van der Waals surface area contributed by atoms with E-state index in [2.05, 4.69) is 47.5 Å². The van der Waals surface area contributed by atoms with Crippen molar-refractivity contribution in [3.63, 3.8) is 0 Å². The van der Waals surface area contributed by atoms with Gasteiger partial charge in [-0.05, 0) is 119 Å². The molecule has 0 spiro atoms. The number of primary amides is 3. The van der Waals surface area contributed by atoms with E-state index in [0.29, 0.717) is 55.4 Å². The monoisotopic (exact) mass is 1350 g/mol. The van der Waals surface area contributed by atoms with E-state index in [0.717, 1.165) is 0 Å². The van der Waals surface area contributed by atoms with Crippen LogP contribution in [0.25, 0.3) is 0 Å². The van der Waals surface area contributed by atoms with Gasteiger partial charge in [0.2, 0.25) is 76.8 Å². The molecule has 0 aromatic heterocycles. The molecule has 2 aromatic rings. The molecule has 2 heterocycles. The summed E-state index contributed by atoms with van der Waals surface area (Å²) in [6, 6.07) is 4.51. The largest absolute Gasteiger partial charge is 0.370 e. The van der Waals surface area contributed by atoms with Crippen LogP contribution in [-0.2, 0) is 75.2 Å². The minimum atomic E-state index is -1.64. The van der Waals surface area contributed by atoms with Gasteiger partial charge in [0, 0.05) is 45.3 Å². The minimum Gasteiger partial charge on any atom is -0.370 e. The van der Waals surface area contributed by atoms with Crippen LogP contribution in [0.1, 0.15) is 121 Å². The van der Waals surface area contributed by atoms with Crippen LogP contribution in [0.5, 0.6) is 0 Å². The fourth-order valence-electron chi connectivity index (χ4n) is 11.0. The van der Waals surface area contributed by atoms with E-state index in [1.54, 1.807) is 60.7 Å².